The van der Waals surface area contributed by atoms with E-state index in [-0.39, 0.29) is 5.92 Å². The van der Waals surface area contributed by atoms with E-state index >= 15 is 0 Å². The van der Waals surface area contributed by atoms with Crippen LogP contribution in [0.25, 0.3) is 6.08 Å². The van der Waals surface area contributed by atoms with Crippen LogP contribution in [0.2, 0.25) is 0 Å². The molecule has 0 amide bonds. The second-order valence-electron chi connectivity index (χ2n) is 4.90. The summed E-state index contributed by atoms with van der Waals surface area (Å²) < 4.78 is 4.82. The van der Waals surface area contributed by atoms with Crippen LogP contribution in [-0.4, -0.2) is 18.1 Å². The van der Waals surface area contributed by atoms with Crippen molar-refractivity contribution >= 4 is 12.0 Å². The highest BCUT2D eigenvalue weighted by Crippen LogP contribution is 2.36. The standard InChI is InChI=1S/C17H15NO2/c1-11-5-7-13-12(10-11)6-8-14(13)15-4-3-9-18-16(15)17(19)20-2/h3-10,14H,1-2H3. The Balaban J connectivity index is 2.09. The van der Waals surface area contributed by atoms with Gasteiger partial charge in [-0.05, 0) is 29.7 Å². The Morgan fingerprint density at radius 1 is 1.25 bits per heavy atom. The Morgan fingerprint density at radius 2 is 2.10 bits per heavy atom. The fraction of sp³-hybridized carbons (Fsp3) is 0.176. The number of aromatic nitrogens is 1. The third-order valence-corrected chi connectivity index (χ3v) is 3.60. The van der Waals surface area contributed by atoms with E-state index in [1.807, 2.05) is 12.1 Å². The first kappa shape index (κ1) is 12.6. The van der Waals surface area contributed by atoms with Crippen LogP contribution >= 0.6 is 0 Å². The van der Waals surface area contributed by atoms with Gasteiger partial charge in [0.1, 0.15) is 0 Å². The summed E-state index contributed by atoms with van der Waals surface area (Å²) in [6.07, 6.45) is 5.82. The number of nitrogens with zero attached hydrogens (tertiary/aromatic N) is 1. The number of methoxy groups -OCH3 is 1. The number of rotatable bonds is 2. The summed E-state index contributed by atoms with van der Waals surface area (Å²) in [4.78, 5) is 16.0. The van der Waals surface area contributed by atoms with Crippen molar-refractivity contribution in [2.45, 2.75) is 12.8 Å². The Hall–Kier alpha value is -2.42. The Labute approximate surface area is 117 Å². The largest absolute Gasteiger partial charge is 0.464 e. The van der Waals surface area contributed by atoms with E-state index in [4.69, 9.17) is 4.74 Å². The normalized spacial score (nSPS) is 16.0. The summed E-state index contributed by atoms with van der Waals surface area (Å²) in [5, 5.41) is 0. The Kier molecular flexibility index (Phi) is 3.11. The number of hydrogen-bond acceptors (Lipinski definition) is 3. The number of aryl methyl sites for hydroxylation is 1. The molecule has 1 aliphatic carbocycles. The van der Waals surface area contributed by atoms with Gasteiger partial charge in [0.2, 0.25) is 0 Å². The minimum Gasteiger partial charge on any atom is -0.464 e. The van der Waals surface area contributed by atoms with Crippen molar-refractivity contribution in [1.82, 2.24) is 4.98 Å². The van der Waals surface area contributed by atoms with Crippen LogP contribution in [0.4, 0.5) is 0 Å². The molecule has 1 heterocycles. The van der Waals surface area contributed by atoms with Crippen molar-refractivity contribution in [3.05, 3.63) is 70.6 Å². The minimum atomic E-state index is -0.394. The molecule has 0 N–H and O–H groups in total. The number of benzene rings is 1. The van der Waals surface area contributed by atoms with Gasteiger partial charge in [-0.3, -0.25) is 0 Å². The molecule has 0 saturated heterocycles. The molecule has 1 atom stereocenters. The molecule has 1 unspecified atom stereocenters. The molecule has 100 valence electrons. The van der Waals surface area contributed by atoms with Crippen LogP contribution < -0.4 is 0 Å². The third-order valence-electron chi connectivity index (χ3n) is 3.60. The molecule has 1 aromatic carbocycles. The first-order valence-corrected chi connectivity index (χ1v) is 6.52. The minimum absolute atomic E-state index is 0.0633. The van der Waals surface area contributed by atoms with Gasteiger partial charge in [-0.2, -0.15) is 0 Å². The molecule has 3 rings (SSSR count). The van der Waals surface area contributed by atoms with Gasteiger partial charge in [0.25, 0.3) is 0 Å². The van der Waals surface area contributed by atoms with Crippen molar-refractivity contribution in [3.63, 3.8) is 0 Å². The van der Waals surface area contributed by atoms with Crippen LogP contribution in [0.5, 0.6) is 0 Å². The fourth-order valence-electron chi connectivity index (χ4n) is 2.63. The number of allylic oxidation sites excluding steroid dienone is 1. The van der Waals surface area contributed by atoms with Crippen molar-refractivity contribution < 1.29 is 9.53 Å². The van der Waals surface area contributed by atoms with Crippen molar-refractivity contribution in [3.8, 4) is 0 Å². The molecule has 0 saturated carbocycles. The molecule has 1 aliphatic rings. The highest BCUT2D eigenvalue weighted by atomic mass is 16.5. The van der Waals surface area contributed by atoms with E-state index in [0.29, 0.717) is 5.69 Å². The predicted molar refractivity (Wildman–Crippen MR) is 77.6 cm³/mol. The molecule has 1 aromatic heterocycles. The zero-order valence-electron chi connectivity index (χ0n) is 11.5. The number of carbonyl (C=O) groups excluding carboxylic acids is 1. The zero-order valence-corrected chi connectivity index (χ0v) is 11.5. The number of pyridine rings is 1. The van der Waals surface area contributed by atoms with Crippen molar-refractivity contribution in [1.29, 1.82) is 0 Å². The van der Waals surface area contributed by atoms with Gasteiger partial charge in [0.05, 0.1) is 7.11 Å². The summed E-state index contributed by atoms with van der Waals surface area (Å²) in [5.41, 5.74) is 4.91. The first-order chi connectivity index (χ1) is 9.70. The molecule has 20 heavy (non-hydrogen) atoms. The molecule has 0 spiro atoms. The van der Waals surface area contributed by atoms with E-state index in [9.17, 15) is 4.79 Å². The van der Waals surface area contributed by atoms with E-state index in [2.05, 4.69) is 42.3 Å². The van der Waals surface area contributed by atoms with Crippen molar-refractivity contribution in [2.24, 2.45) is 0 Å². The maximum atomic E-state index is 11.8. The van der Waals surface area contributed by atoms with Gasteiger partial charge in [-0.1, -0.05) is 42.0 Å². The number of carbonyl (C=O) groups is 1. The van der Waals surface area contributed by atoms with E-state index in [1.165, 1.54) is 23.8 Å². The summed E-state index contributed by atoms with van der Waals surface area (Å²) in [5.74, 6) is -0.331. The summed E-state index contributed by atoms with van der Waals surface area (Å²) in [6.45, 7) is 2.07. The van der Waals surface area contributed by atoms with Gasteiger partial charge in [-0.25, -0.2) is 9.78 Å². The second kappa shape index (κ2) is 4.93. The molecule has 2 aromatic rings. The van der Waals surface area contributed by atoms with Gasteiger partial charge in [-0.15, -0.1) is 0 Å². The van der Waals surface area contributed by atoms with Gasteiger partial charge < -0.3 is 4.74 Å². The van der Waals surface area contributed by atoms with E-state index < -0.39 is 5.97 Å². The predicted octanol–water partition coefficient (Wildman–Crippen LogP) is 3.34. The lowest BCUT2D eigenvalue weighted by Gasteiger charge is -2.14. The number of ether oxygens (including phenoxy) is 1. The summed E-state index contributed by atoms with van der Waals surface area (Å²) in [6, 6.07) is 10.1. The third kappa shape index (κ3) is 2.01. The molecule has 0 radical (unpaired) electrons. The first-order valence-electron chi connectivity index (χ1n) is 6.52. The SMILES string of the molecule is COC(=O)c1ncccc1C1C=Cc2cc(C)ccc21. The summed E-state index contributed by atoms with van der Waals surface area (Å²) >= 11 is 0. The van der Waals surface area contributed by atoms with Crippen molar-refractivity contribution in [2.75, 3.05) is 7.11 Å². The lowest BCUT2D eigenvalue weighted by atomic mass is 9.91. The summed E-state index contributed by atoms with van der Waals surface area (Å²) in [7, 11) is 1.38. The molecular weight excluding hydrogens is 250 g/mol. The van der Waals surface area contributed by atoms with Crippen LogP contribution in [0.15, 0.2) is 42.6 Å². The van der Waals surface area contributed by atoms with Gasteiger partial charge in [0.15, 0.2) is 5.69 Å². The quantitative estimate of drug-likeness (QED) is 0.782. The molecule has 3 nitrogen and oxygen atoms in total. The van der Waals surface area contributed by atoms with Gasteiger partial charge in [0, 0.05) is 12.1 Å². The number of esters is 1. The van der Waals surface area contributed by atoms with E-state index in [0.717, 1.165) is 5.56 Å². The molecule has 0 bridgehead atoms. The van der Waals surface area contributed by atoms with Gasteiger partial charge >= 0.3 is 5.97 Å². The van der Waals surface area contributed by atoms with Crippen LogP contribution in [-0.2, 0) is 4.74 Å². The highest BCUT2D eigenvalue weighted by Gasteiger charge is 2.24. The molecule has 0 fully saturated rings. The maximum Gasteiger partial charge on any atom is 0.356 e. The zero-order chi connectivity index (χ0) is 14.1. The number of hydrogen-bond donors (Lipinski definition) is 0. The van der Waals surface area contributed by atoms with Crippen LogP contribution in [0.3, 0.4) is 0 Å². The molecule has 3 heteroatoms. The Bertz CT molecular complexity index is 704. The lowest BCUT2D eigenvalue weighted by molar-refractivity contribution is 0.0592. The topological polar surface area (TPSA) is 39.2 Å². The van der Waals surface area contributed by atoms with E-state index in [1.54, 1.807) is 6.20 Å². The average Bonchev–Trinajstić information content (AvgIpc) is 2.89. The fourth-order valence-corrected chi connectivity index (χ4v) is 2.63. The molecule has 0 aliphatic heterocycles. The van der Waals surface area contributed by atoms with Crippen LogP contribution in [0.1, 0.15) is 38.7 Å². The monoisotopic (exact) mass is 265 g/mol. The molecular formula is C17H15NO2. The lowest BCUT2D eigenvalue weighted by Crippen LogP contribution is -2.10. The number of fused-ring (bicyclic) bond motifs is 1. The Morgan fingerprint density at radius 3 is 2.90 bits per heavy atom. The van der Waals surface area contributed by atoms with Crippen LogP contribution in [0, 0.1) is 6.92 Å². The average molecular weight is 265 g/mol. The maximum absolute atomic E-state index is 11.8. The smallest absolute Gasteiger partial charge is 0.356 e. The highest BCUT2D eigenvalue weighted by molar-refractivity contribution is 5.89. The second-order valence-corrected chi connectivity index (χ2v) is 4.90.